The Balaban J connectivity index is 1.49. The van der Waals surface area contributed by atoms with E-state index in [1.54, 1.807) is 0 Å². The fraction of sp³-hybridized carbons (Fsp3) is 0. The number of benzene rings is 8. The van der Waals surface area contributed by atoms with E-state index in [0.29, 0.717) is 16.3 Å². The second-order valence-electron chi connectivity index (χ2n) is 10.5. The lowest BCUT2D eigenvalue weighted by atomic mass is 9.83. The first-order valence-corrected chi connectivity index (χ1v) is 14.0. The van der Waals surface area contributed by atoms with E-state index >= 15 is 0 Å². The van der Waals surface area contributed by atoms with Gasteiger partial charge in [-0.25, -0.2) is 0 Å². The minimum absolute atomic E-state index is 0.0569. The normalized spacial score (nSPS) is 14.7. The van der Waals surface area contributed by atoms with Crippen molar-refractivity contribution < 1.29 is 16.8 Å². The summed E-state index contributed by atoms with van der Waals surface area (Å²) in [5.74, 6) is 0. The van der Waals surface area contributed by atoms with E-state index in [9.17, 15) is 1.37 Å². The monoisotopic (exact) mass is 555 g/mol. The fourth-order valence-corrected chi connectivity index (χ4v) is 6.55. The largest absolute Gasteiger partial charge is 0.456 e. The highest BCUT2D eigenvalue weighted by molar-refractivity contribution is 6.28. The van der Waals surface area contributed by atoms with Crippen molar-refractivity contribution in [2.45, 2.75) is 0 Å². The summed E-state index contributed by atoms with van der Waals surface area (Å²) in [7, 11) is 0. The Hall–Kier alpha value is -5.66. The van der Waals surface area contributed by atoms with Crippen molar-refractivity contribution >= 4 is 54.3 Å². The highest BCUT2D eigenvalue weighted by atomic mass is 16.3. The van der Waals surface area contributed by atoms with Crippen LogP contribution in [0.3, 0.4) is 0 Å². The number of rotatable bonds is 3. The van der Waals surface area contributed by atoms with Gasteiger partial charge in [-0.3, -0.25) is 0 Å². The minimum Gasteiger partial charge on any atom is -0.456 e. The van der Waals surface area contributed by atoms with Gasteiger partial charge < -0.3 is 4.42 Å². The molecule has 0 aliphatic rings. The average Bonchev–Trinajstić information content (AvgIpc) is 3.57. The molecule has 0 amide bonds. The first-order valence-electron chi connectivity index (χ1n) is 18.5. The van der Waals surface area contributed by atoms with Gasteiger partial charge in [-0.15, -0.1) is 0 Å². The number of hydrogen-bond acceptors (Lipinski definition) is 1. The topological polar surface area (TPSA) is 13.1 Å². The molecule has 0 atom stereocenters. The zero-order chi connectivity index (χ0) is 36.2. The highest BCUT2D eigenvalue weighted by Crippen LogP contribution is 2.48. The van der Waals surface area contributed by atoms with E-state index in [-0.39, 0.29) is 22.7 Å². The molecule has 1 nitrogen and oxygen atoms in total. The van der Waals surface area contributed by atoms with Crippen LogP contribution in [-0.2, 0) is 0 Å². The Morgan fingerprint density at radius 1 is 0.395 bits per heavy atom. The Labute approximate surface area is 261 Å². The molecule has 0 unspecified atom stereocenters. The first-order chi connectivity index (χ1) is 25.1. The van der Waals surface area contributed by atoms with Crippen LogP contribution in [-0.4, -0.2) is 0 Å². The predicted octanol–water partition coefficient (Wildman–Crippen LogP) is 12.0. The van der Waals surface area contributed by atoms with Gasteiger partial charge in [0.1, 0.15) is 11.2 Å². The molecule has 1 heteroatoms. The van der Waals surface area contributed by atoms with Crippen molar-refractivity contribution in [3.8, 4) is 33.4 Å². The lowest BCUT2D eigenvalue weighted by Gasteiger charge is -2.20. The van der Waals surface area contributed by atoms with Gasteiger partial charge in [0, 0.05) is 10.8 Å². The van der Waals surface area contributed by atoms with Gasteiger partial charge in [0.05, 0.1) is 12.3 Å². The number of fused-ring (bicyclic) bond motifs is 7. The molecular formula is C42H26O. The third kappa shape index (κ3) is 3.58. The van der Waals surface area contributed by atoms with E-state index in [2.05, 4.69) is 18.2 Å². The zero-order valence-electron chi connectivity index (χ0n) is 31.7. The average molecular weight is 556 g/mol. The third-order valence-electron chi connectivity index (χ3n) is 8.28. The second-order valence-corrected chi connectivity index (χ2v) is 10.5. The van der Waals surface area contributed by atoms with E-state index in [4.69, 9.17) is 15.4 Å². The molecule has 0 spiro atoms. The summed E-state index contributed by atoms with van der Waals surface area (Å²) >= 11 is 0. The summed E-state index contributed by atoms with van der Waals surface area (Å²) in [5.41, 5.74) is 3.40. The molecule has 9 aromatic rings. The summed E-state index contributed by atoms with van der Waals surface area (Å²) in [4.78, 5) is 0. The molecule has 0 N–H and O–H groups in total. The maximum atomic E-state index is 9.32. The Kier molecular flexibility index (Phi) is 3.67. The molecule has 1 aromatic heterocycles. The molecule has 8 aromatic carbocycles. The Morgan fingerprint density at radius 3 is 1.65 bits per heavy atom. The first kappa shape index (κ1) is 16.7. The van der Waals surface area contributed by atoms with Crippen molar-refractivity contribution in [2.75, 3.05) is 0 Å². The Morgan fingerprint density at radius 2 is 0.953 bits per heavy atom. The molecule has 0 radical (unpaired) electrons. The van der Waals surface area contributed by atoms with Gasteiger partial charge in [-0.1, -0.05) is 145 Å². The van der Waals surface area contributed by atoms with Crippen LogP contribution in [0, 0.1) is 0 Å². The van der Waals surface area contributed by atoms with Crippen LogP contribution < -0.4 is 0 Å². The lowest BCUT2D eigenvalue weighted by Crippen LogP contribution is -1.93. The summed E-state index contributed by atoms with van der Waals surface area (Å²) in [6.45, 7) is 0. The molecule has 0 aliphatic carbocycles. The zero-order valence-corrected chi connectivity index (χ0v) is 22.7. The van der Waals surface area contributed by atoms with Crippen LogP contribution in [0.4, 0.5) is 0 Å². The quantitative estimate of drug-likeness (QED) is 0.198. The molecule has 0 aliphatic heterocycles. The van der Waals surface area contributed by atoms with Crippen LogP contribution in [0.15, 0.2) is 162 Å². The van der Waals surface area contributed by atoms with E-state index in [1.807, 2.05) is 84.9 Å². The summed E-state index contributed by atoms with van der Waals surface area (Å²) in [6, 6.07) is 28.8. The summed E-state index contributed by atoms with van der Waals surface area (Å²) in [6.07, 6.45) is 0. The van der Waals surface area contributed by atoms with Crippen molar-refractivity contribution in [1.82, 2.24) is 0 Å². The van der Waals surface area contributed by atoms with Gasteiger partial charge >= 0.3 is 0 Å². The smallest absolute Gasteiger partial charge is 0.136 e. The van der Waals surface area contributed by atoms with Crippen molar-refractivity contribution in [1.29, 1.82) is 0 Å². The van der Waals surface area contributed by atoms with Gasteiger partial charge in [0.15, 0.2) is 0 Å². The molecule has 43 heavy (non-hydrogen) atoms. The number of hydrogen-bond donors (Lipinski definition) is 0. The van der Waals surface area contributed by atoms with Gasteiger partial charge in [-0.2, -0.15) is 0 Å². The van der Waals surface area contributed by atoms with Gasteiger partial charge in [0.2, 0.25) is 0 Å². The molecule has 0 fully saturated rings. The molecule has 9 rings (SSSR count). The van der Waals surface area contributed by atoms with Crippen LogP contribution in [0.5, 0.6) is 0 Å². The van der Waals surface area contributed by atoms with Crippen molar-refractivity contribution in [3.05, 3.63) is 158 Å². The van der Waals surface area contributed by atoms with Crippen molar-refractivity contribution in [3.63, 3.8) is 0 Å². The Bertz CT molecular complexity index is 2930. The molecule has 0 saturated carbocycles. The van der Waals surface area contributed by atoms with E-state index in [0.717, 1.165) is 54.6 Å². The van der Waals surface area contributed by atoms with Crippen LogP contribution in [0.1, 0.15) is 12.3 Å². The lowest BCUT2D eigenvalue weighted by molar-refractivity contribution is 0.669. The molecule has 0 saturated heterocycles. The number of furan rings is 1. The van der Waals surface area contributed by atoms with Crippen LogP contribution in [0.25, 0.3) is 87.6 Å². The van der Waals surface area contributed by atoms with E-state index < -0.39 is 48.3 Å². The molecule has 1 heterocycles. The predicted molar refractivity (Wildman–Crippen MR) is 183 cm³/mol. The minimum atomic E-state index is -0.590. The van der Waals surface area contributed by atoms with Crippen LogP contribution >= 0.6 is 0 Å². The van der Waals surface area contributed by atoms with Gasteiger partial charge in [0.25, 0.3) is 0 Å². The fourth-order valence-electron chi connectivity index (χ4n) is 6.55. The summed E-state index contributed by atoms with van der Waals surface area (Å²) < 4.78 is 85.0. The molecule has 0 bridgehead atoms. The summed E-state index contributed by atoms with van der Waals surface area (Å²) in [5, 5.41) is 7.01. The standard InChI is InChI=1S/C42H26O/c1-2-13-27(14-3-1)29-16-6-7-18-31(29)39-32-19-8-10-21-34(32)40(35-22-11-9-20-33(35)39)36-23-12-24-37-42(36)41-30-17-5-4-15-28(30)25-26-38(41)43-37/h1-26H/i1D,2D,3D,6D,7D,13D,14D,16D,18D. The molecule has 200 valence electrons. The maximum Gasteiger partial charge on any atom is 0.136 e. The highest BCUT2D eigenvalue weighted by Gasteiger charge is 2.22. The van der Waals surface area contributed by atoms with E-state index in [1.165, 1.54) is 0 Å². The third-order valence-corrected chi connectivity index (χ3v) is 8.28. The second kappa shape index (κ2) is 9.44. The van der Waals surface area contributed by atoms with Crippen LogP contribution in [0.2, 0.25) is 0 Å². The van der Waals surface area contributed by atoms with Crippen molar-refractivity contribution in [2.24, 2.45) is 0 Å². The van der Waals surface area contributed by atoms with Gasteiger partial charge in [-0.05, 0) is 77.8 Å². The SMILES string of the molecule is [2H]c1c([2H])c([2H])c(-c2c([2H])c([2H])c([2H])c([2H])c2-c2c3ccccc3c(-c3cccc4oc5ccc6ccccc6c5c34)c3ccccc23)c([2H])c1[2H]. The maximum absolute atomic E-state index is 9.32. The molecular weight excluding hydrogens is 520 g/mol.